The van der Waals surface area contributed by atoms with Gasteiger partial charge < -0.3 is 21.5 Å². The minimum Gasteiger partial charge on any atom is -0.496 e. The van der Waals surface area contributed by atoms with Gasteiger partial charge in [0.25, 0.3) is 0 Å². The van der Waals surface area contributed by atoms with Crippen molar-refractivity contribution in [1.29, 1.82) is 10.5 Å². The van der Waals surface area contributed by atoms with Gasteiger partial charge in [-0.3, -0.25) is 4.79 Å². The molecule has 0 atom stereocenters. The Morgan fingerprint density at radius 2 is 1.27 bits per heavy atom. The molecule has 0 saturated carbocycles. The fraction of sp³-hybridized carbons (Fsp3) is 0.333. The average molecular weight is 623 g/mol. The summed E-state index contributed by atoms with van der Waals surface area (Å²) in [6.07, 6.45) is 6.10. The molecule has 2 aliphatic carbocycles. The molecule has 0 unspecified atom stereocenters. The zero-order valence-electron chi connectivity index (χ0n) is 24.6. The molecular weight excluding hydrogens is 591 g/mol. The predicted octanol–water partition coefficient (Wildman–Crippen LogP) is 2.59. The third-order valence-electron chi connectivity index (χ3n) is 7.63. The summed E-state index contributed by atoms with van der Waals surface area (Å²) < 4.78 is 37.2. The van der Waals surface area contributed by atoms with E-state index in [1.807, 2.05) is 12.1 Å². The average Bonchev–Trinajstić information content (AvgIpc) is 2.99. The fourth-order valence-electron chi connectivity index (χ4n) is 5.87. The minimum atomic E-state index is -3.11. The summed E-state index contributed by atoms with van der Waals surface area (Å²) in [5.74, 6) is 0.861. The number of carboxylic acid groups (broad SMARTS) is 1. The van der Waals surface area contributed by atoms with Crippen molar-refractivity contribution in [3.8, 4) is 45.9 Å². The summed E-state index contributed by atoms with van der Waals surface area (Å²) in [6, 6.07) is 17.1. The van der Waals surface area contributed by atoms with Crippen LogP contribution in [0.3, 0.4) is 0 Å². The molecule has 11 heteroatoms. The van der Waals surface area contributed by atoms with Crippen LogP contribution in [-0.2, 0) is 41.1 Å². The molecule has 0 saturated heterocycles. The van der Waals surface area contributed by atoms with E-state index < -0.39 is 16.6 Å². The maximum absolute atomic E-state index is 10.7. The Kier molecular flexibility index (Phi) is 13.0. The molecule has 0 aliphatic heterocycles. The van der Waals surface area contributed by atoms with Crippen LogP contribution >= 0.6 is 0 Å². The van der Waals surface area contributed by atoms with E-state index >= 15 is 0 Å². The molecule has 3 aromatic carbocycles. The Bertz CT molecular complexity index is 1740. The van der Waals surface area contributed by atoms with E-state index in [9.17, 15) is 15.3 Å². The topological polar surface area (TPSA) is 155 Å². The zero-order chi connectivity index (χ0) is 30.9. The number of carboxylic acids is 1. The molecule has 0 spiro atoms. The Morgan fingerprint density at radius 1 is 0.795 bits per heavy atom. The van der Waals surface area contributed by atoms with Crippen LogP contribution < -0.4 is 39.0 Å². The molecule has 3 aromatic rings. The first kappa shape index (κ1) is 34.8. The number of aryl methyl sites for hydroxylation is 2. The second kappa shape index (κ2) is 16.4. The van der Waals surface area contributed by atoms with Crippen molar-refractivity contribution in [2.75, 3.05) is 13.2 Å². The molecule has 1 N–H and O–H groups in total. The van der Waals surface area contributed by atoms with Gasteiger partial charge in [-0.05, 0) is 114 Å². The number of benzene rings is 3. The second-order valence-electron chi connectivity index (χ2n) is 10.3. The van der Waals surface area contributed by atoms with Gasteiger partial charge in [0.15, 0.2) is 0 Å². The van der Waals surface area contributed by atoms with Crippen LogP contribution in [0.5, 0.6) is 11.5 Å². The van der Waals surface area contributed by atoms with Crippen LogP contribution in [0.4, 0.5) is 0 Å². The quantitative estimate of drug-likeness (QED) is 0.204. The molecule has 222 valence electrons. The van der Waals surface area contributed by atoms with E-state index in [0.717, 1.165) is 70.6 Å². The minimum absolute atomic E-state index is 0. The van der Waals surface area contributed by atoms with E-state index in [1.165, 1.54) is 11.1 Å². The second-order valence-corrected chi connectivity index (χ2v) is 10.7. The summed E-state index contributed by atoms with van der Waals surface area (Å²) in [6.45, 7) is 4.96. The van der Waals surface area contributed by atoms with Crippen molar-refractivity contribution in [3.05, 3.63) is 76.7 Å². The van der Waals surface area contributed by atoms with E-state index in [4.69, 9.17) is 27.2 Å². The summed E-state index contributed by atoms with van der Waals surface area (Å²) in [7, 11) is -3.11. The number of rotatable bonds is 10. The predicted molar refractivity (Wildman–Crippen MR) is 158 cm³/mol. The monoisotopic (exact) mass is 622 g/mol. The first-order valence-corrected chi connectivity index (χ1v) is 15.1. The van der Waals surface area contributed by atoms with Gasteiger partial charge >= 0.3 is 46.1 Å². The Labute approximate surface area is 280 Å². The van der Waals surface area contributed by atoms with Gasteiger partial charge in [0.1, 0.15) is 23.6 Å². The number of hydrogen-bond acceptors (Lipinski definition) is 8. The van der Waals surface area contributed by atoms with Crippen molar-refractivity contribution in [3.63, 3.8) is 0 Å². The van der Waals surface area contributed by atoms with Crippen molar-refractivity contribution < 1.29 is 61.6 Å². The molecule has 0 radical (unpaired) electrons. The van der Waals surface area contributed by atoms with Crippen molar-refractivity contribution in [1.82, 2.24) is 0 Å². The van der Waals surface area contributed by atoms with E-state index in [1.54, 1.807) is 0 Å². The Balaban J connectivity index is 0.000000998. The van der Waals surface area contributed by atoms with Gasteiger partial charge in [-0.2, -0.15) is 10.5 Å². The standard InChI is InChI=1S/C33H31N2O4.Na.O3S/c1-2-15-38-23-9-13-25-21(17-23)7-11-27-29(19-34)30(20-35)28-12-8-22-18-24(10-14-26(22)33(28)32(25)27)39-16-5-3-4-6-31(36)37;;1-4(2)3/h9-10,13-14,17-18H,1-8,11-12,15-16H2,(H,36,37);;/q-1;+1;. The normalized spacial score (nSPS) is 11.8. The number of aliphatic carboxylic acids is 1. The Hall–Kier alpha value is -3.67. The Morgan fingerprint density at radius 3 is 1.70 bits per heavy atom. The van der Waals surface area contributed by atoms with Crippen LogP contribution in [-0.4, -0.2) is 36.9 Å². The summed E-state index contributed by atoms with van der Waals surface area (Å²) >= 11 is 0. The van der Waals surface area contributed by atoms with E-state index in [2.05, 4.69) is 43.3 Å². The maximum atomic E-state index is 10.7. The van der Waals surface area contributed by atoms with Gasteiger partial charge in [-0.25, -0.2) is 0 Å². The van der Waals surface area contributed by atoms with Gasteiger partial charge in [0.05, 0.1) is 24.3 Å². The first-order chi connectivity index (χ1) is 20.8. The number of nitrogens with zero attached hydrogens (tertiary/aromatic N) is 2. The fourth-order valence-corrected chi connectivity index (χ4v) is 5.87. The number of hydrogen-bond donors (Lipinski definition) is 1. The van der Waals surface area contributed by atoms with Crippen molar-refractivity contribution >= 4 is 16.6 Å². The van der Waals surface area contributed by atoms with Gasteiger partial charge in [-0.15, -0.1) is 19.0 Å². The number of unbranched alkanes of at least 4 members (excludes halogenated alkanes) is 2. The number of nitriles is 2. The third-order valence-corrected chi connectivity index (χ3v) is 7.63. The van der Waals surface area contributed by atoms with Gasteiger partial charge in [0.2, 0.25) is 0 Å². The summed E-state index contributed by atoms with van der Waals surface area (Å²) in [5.41, 5.74) is 9.63. The third kappa shape index (κ3) is 8.08. The van der Waals surface area contributed by atoms with Crippen molar-refractivity contribution in [2.45, 2.75) is 57.8 Å². The van der Waals surface area contributed by atoms with Crippen LogP contribution in [0, 0.1) is 29.6 Å². The zero-order valence-corrected chi connectivity index (χ0v) is 27.5. The SMILES string of the molecule is O=S(=O)=O.[CH2-]CCOc1ccc2c(c1)CCc1c(C#N)c(C#N)c3c(c1-2)-c1ccc(OCCCCCC(=O)O)cc1CC3.[Na+]. The number of carbonyl (C=O) groups is 1. The molecular formula is C33H31N2NaO7S. The van der Waals surface area contributed by atoms with Crippen LogP contribution in [0.25, 0.3) is 22.3 Å². The van der Waals surface area contributed by atoms with E-state index in [-0.39, 0.29) is 36.0 Å². The van der Waals surface area contributed by atoms with Gasteiger partial charge in [-0.1, -0.05) is 12.1 Å². The van der Waals surface area contributed by atoms with Crippen molar-refractivity contribution in [2.24, 2.45) is 0 Å². The van der Waals surface area contributed by atoms with Crippen LogP contribution in [0.15, 0.2) is 36.4 Å². The molecule has 9 nitrogen and oxygen atoms in total. The molecule has 0 aromatic heterocycles. The molecule has 0 bridgehead atoms. The summed E-state index contributed by atoms with van der Waals surface area (Å²) in [4.78, 5) is 10.7. The van der Waals surface area contributed by atoms with Crippen LogP contribution in [0.2, 0.25) is 0 Å². The number of ether oxygens (including phenoxy) is 2. The maximum Gasteiger partial charge on any atom is 1.00 e. The summed E-state index contributed by atoms with van der Waals surface area (Å²) in [5, 5.41) is 29.0. The molecule has 5 rings (SSSR count). The molecule has 0 heterocycles. The molecule has 2 aliphatic rings. The van der Waals surface area contributed by atoms with Crippen LogP contribution in [0.1, 0.15) is 65.5 Å². The van der Waals surface area contributed by atoms with E-state index in [0.29, 0.717) is 50.0 Å². The smallest absolute Gasteiger partial charge is 0.496 e. The molecule has 0 fully saturated rings. The molecule has 0 amide bonds. The first-order valence-electron chi connectivity index (χ1n) is 14.1. The number of fused-ring (bicyclic) bond motifs is 7. The largest absolute Gasteiger partial charge is 1.00 e. The van der Waals surface area contributed by atoms with Gasteiger partial charge in [0, 0.05) is 6.42 Å². The molecule has 44 heavy (non-hydrogen) atoms.